The van der Waals surface area contributed by atoms with Crippen LogP contribution in [0.4, 0.5) is 0 Å². The lowest BCUT2D eigenvalue weighted by molar-refractivity contribution is 0.0593. The summed E-state index contributed by atoms with van der Waals surface area (Å²) in [7, 11) is 1.31. The highest BCUT2D eigenvalue weighted by molar-refractivity contribution is 7.98. The lowest BCUT2D eigenvalue weighted by atomic mass is 10.5. The number of aromatic nitrogens is 2. The van der Waals surface area contributed by atoms with Crippen LogP contribution in [-0.2, 0) is 4.74 Å². The van der Waals surface area contributed by atoms with Crippen LogP contribution in [0.15, 0.2) is 17.4 Å². The van der Waals surface area contributed by atoms with Crippen LogP contribution in [0.25, 0.3) is 0 Å². The second-order valence-electron chi connectivity index (χ2n) is 1.94. The summed E-state index contributed by atoms with van der Waals surface area (Å²) in [5.74, 6) is -0.463. The first-order chi connectivity index (χ1) is 5.77. The molecule has 1 rings (SSSR count). The van der Waals surface area contributed by atoms with Crippen LogP contribution in [0.2, 0.25) is 0 Å². The van der Waals surface area contributed by atoms with Gasteiger partial charge in [0, 0.05) is 0 Å². The third kappa shape index (κ3) is 1.94. The zero-order chi connectivity index (χ0) is 8.97. The molecule has 64 valence electrons. The van der Waals surface area contributed by atoms with Crippen molar-refractivity contribution in [1.82, 2.24) is 9.97 Å². The number of carbonyl (C=O) groups is 1. The van der Waals surface area contributed by atoms with Gasteiger partial charge in [0.25, 0.3) is 0 Å². The van der Waals surface area contributed by atoms with Gasteiger partial charge in [0.1, 0.15) is 5.03 Å². The summed E-state index contributed by atoms with van der Waals surface area (Å²) in [6, 6.07) is 0. The number of hydrogen-bond donors (Lipinski definition) is 0. The quantitative estimate of drug-likeness (QED) is 0.506. The number of methoxy groups -OCH3 is 1. The van der Waals surface area contributed by atoms with Gasteiger partial charge in [-0.3, -0.25) is 0 Å². The minimum absolute atomic E-state index is 0.232. The molecular weight excluding hydrogens is 176 g/mol. The summed E-state index contributed by atoms with van der Waals surface area (Å²) in [4.78, 5) is 18.7. The molecule has 0 atom stereocenters. The van der Waals surface area contributed by atoms with Gasteiger partial charge in [0.05, 0.1) is 19.5 Å². The van der Waals surface area contributed by atoms with Crippen molar-refractivity contribution in [3.63, 3.8) is 0 Å². The molecule has 0 N–H and O–H groups in total. The molecule has 0 aliphatic rings. The third-order valence-electron chi connectivity index (χ3n) is 1.23. The molecule has 0 spiro atoms. The predicted octanol–water partition coefficient (Wildman–Crippen LogP) is 0.985. The molecule has 0 bridgehead atoms. The van der Waals surface area contributed by atoms with Gasteiger partial charge in [-0.1, -0.05) is 0 Å². The Morgan fingerprint density at radius 3 is 2.67 bits per heavy atom. The molecule has 0 unspecified atom stereocenters. The first-order valence-electron chi connectivity index (χ1n) is 3.22. The summed E-state index contributed by atoms with van der Waals surface area (Å²) in [5.41, 5.74) is 0.232. The molecule has 5 heteroatoms. The largest absolute Gasteiger partial charge is 0.464 e. The van der Waals surface area contributed by atoms with Gasteiger partial charge >= 0.3 is 5.97 Å². The van der Waals surface area contributed by atoms with Crippen molar-refractivity contribution >= 4 is 17.7 Å². The highest BCUT2D eigenvalue weighted by atomic mass is 32.2. The van der Waals surface area contributed by atoms with Gasteiger partial charge in [-0.05, 0) is 6.26 Å². The summed E-state index contributed by atoms with van der Waals surface area (Å²) in [6.07, 6.45) is 4.83. The van der Waals surface area contributed by atoms with Crippen molar-refractivity contribution < 1.29 is 9.53 Å². The summed E-state index contributed by atoms with van der Waals surface area (Å²) >= 11 is 1.47. The lowest BCUT2D eigenvalue weighted by Crippen LogP contribution is -2.04. The average molecular weight is 184 g/mol. The van der Waals surface area contributed by atoms with Crippen LogP contribution in [0, 0.1) is 0 Å². The van der Waals surface area contributed by atoms with Gasteiger partial charge in [-0.15, -0.1) is 11.8 Å². The van der Waals surface area contributed by atoms with Crippen molar-refractivity contribution in [2.45, 2.75) is 5.03 Å². The van der Waals surface area contributed by atoms with Crippen LogP contribution in [0.1, 0.15) is 10.5 Å². The van der Waals surface area contributed by atoms with Gasteiger partial charge < -0.3 is 4.74 Å². The highest BCUT2D eigenvalue weighted by Gasteiger charge is 2.06. The standard InChI is InChI=1S/C7H8N2O2S/c1-11-7(10)5-3-9-6(12-2)4-8-5/h3-4H,1-2H3. The number of hydrogen-bond acceptors (Lipinski definition) is 5. The van der Waals surface area contributed by atoms with Crippen molar-refractivity contribution in [1.29, 1.82) is 0 Å². The molecule has 0 saturated carbocycles. The molecular formula is C7H8N2O2S. The Hall–Kier alpha value is -1.10. The summed E-state index contributed by atoms with van der Waals surface area (Å²) in [5, 5.41) is 0.780. The maximum atomic E-state index is 10.9. The fourth-order valence-corrected chi connectivity index (χ4v) is 0.948. The molecule has 0 saturated heterocycles. The minimum atomic E-state index is -0.463. The van der Waals surface area contributed by atoms with Gasteiger partial charge in [0.15, 0.2) is 5.69 Å². The van der Waals surface area contributed by atoms with E-state index in [1.807, 2.05) is 6.26 Å². The molecule has 0 fully saturated rings. The van der Waals surface area contributed by atoms with Crippen molar-refractivity contribution in [3.05, 3.63) is 18.1 Å². The van der Waals surface area contributed by atoms with Gasteiger partial charge in [-0.2, -0.15) is 0 Å². The average Bonchev–Trinajstić information content (AvgIpc) is 2.17. The summed E-state index contributed by atoms with van der Waals surface area (Å²) < 4.78 is 4.46. The number of ether oxygens (including phenoxy) is 1. The normalized spacial score (nSPS) is 9.50. The molecule has 1 heterocycles. The molecule has 0 aliphatic heterocycles. The van der Waals surface area contributed by atoms with Gasteiger partial charge in [-0.25, -0.2) is 14.8 Å². The topological polar surface area (TPSA) is 52.1 Å². The van der Waals surface area contributed by atoms with Gasteiger partial charge in [0.2, 0.25) is 0 Å². The second-order valence-corrected chi connectivity index (χ2v) is 2.76. The molecule has 0 aromatic carbocycles. The highest BCUT2D eigenvalue weighted by Crippen LogP contribution is 2.08. The van der Waals surface area contributed by atoms with Crippen LogP contribution < -0.4 is 0 Å². The van der Waals surface area contributed by atoms with E-state index in [2.05, 4.69) is 14.7 Å². The van der Waals surface area contributed by atoms with Crippen LogP contribution >= 0.6 is 11.8 Å². The number of nitrogens with zero attached hydrogens (tertiary/aromatic N) is 2. The maximum absolute atomic E-state index is 10.9. The number of thioether (sulfide) groups is 1. The number of carbonyl (C=O) groups excluding carboxylic acids is 1. The number of rotatable bonds is 2. The molecule has 4 nitrogen and oxygen atoms in total. The fraction of sp³-hybridized carbons (Fsp3) is 0.286. The smallest absolute Gasteiger partial charge is 0.358 e. The molecule has 1 aromatic heterocycles. The molecule has 0 aliphatic carbocycles. The van der Waals surface area contributed by atoms with E-state index in [-0.39, 0.29) is 5.69 Å². The Bertz CT molecular complexity index is 273. The maximum Gasteiger partial charge on any atom is 0.358 e. The van der Waals surface area contributed by atoms with E-state index < -0.39 is 5.97 Å². The molecule has 0 amide bonds. The zero-order valence-electron chi connectivity index (χ0n) is 6.77. The first kappa shape index (κ1) is 8.99. The second kappa shape index (κ2) is 4.06. The molecule has 1 aromatic rings. The molecule has 12 heavy (non-hydrogen) atoms. The first-order valence-corrected chi connectivity index (χ1v) is 4.44. The van der Waals surface area contributed by atoms with Crippen LogP contribution in [0.3, 0.4) is 0 Å². The fourth-order valence-electron chi connectivity index (χ4n) is 0.632. The van der Waals surface area contributed by atoms with E-state index in [4.69, 9.17) is 0 Å². The van der Waals surface area contributed by atoms with E-state index in [1.165, 1.54) is 31.3 Å². The van der Waals surface area contributed by atoms with E-state index in [0.29, 0.717) is 0 Å². The van der Waals surface area contributed by atoms with E-state index >= 15 is 0 Å². The van der Waals surface area contributed by atoms with Crippen molar-refractivity contribution in [2.24, 2.45) is 0 Å². The lowest BCUT2D eigenvalue weighted by Gasteiger charge is -1.97. The van der Waals surface area contributed by atoms with E-state index in [0.717, 1.165) is 5.03 Å². The van der Waals surface area contributed by atoms with Crippen molar-refractivity contribution in [3.8, 4) is 0 Å². The predicted molar refractivity (Wildman–Crippen MR) is 45.2 cm³/mol. The minimum Gasteiger partial charge on any atom is -0.464 e. The van der Waals surface area contributed by atoms with E-state index in [1.54, 1.807) is 0 Å². The van der Waals surface area contributed by atoms with Crippen LogP contribution in [0.5, 0.6) is 0 Å². The Balaban J connectivity index is 2.84. The van der Waals surface area contributed by atoms with Crippen molar-refractivity contribution in [2.75, 3.05) is 13.4 Å². The Morgan fingerprint density at radius 2 is 2.25 bits per heavy atom. The SMILES string of the molecule is COC(=O)c1cnc(SC)cn1. The monoisotopic (exact) mass is 184 g/mol. The third-order valence-corrected chi connectivity index (χ3v) is 1.86. The zero-order valence-corrected chi connectivity index (χ0v) is 7.59. The molecule has 0 radical (unpaired) electrons. The Morgan fingerprint density at radius 1 is 1.50 bits per heavy atom. The number of esters is 1. The Labute approximate surface area is 74.4 Å². The van der Waals surface area contributed by atoms with Crippen LogP contribution in [-0.4, -0.2) is 29.3 Å². The Kier molecular flexibility index (Phi) is 3.04. The summed E-state index contributed by atoms with van der Waals surface area (Å²) in [6.45, 7) is 0. The van der Waals surface area contributed by atoms with E-state index in [9.17, 15) is 4.79 Å².